The van der Waals surface area contributed by atoms with Crippen LogP contribution in [0.2, 0.25) is 0 Å². The molecular weight excluding hydrogens is 208 g/mol. The first-order valence-corrected chi connectivity index (χ1v) is 6.79. The molecule has 0 aliphatic rings. The highest BCUT2D eigenvalue weighted by Gasteiger charge is 2.05. The SMILES string of the molecule is CCc1ccc(CC(C)CCNC(C)C)nc1. The molecule has 0 radical (unpaired) electrons. The van der Waals surface area contributed by atoms with Crippen molar-refractivity contribution in [2.24, 2.45) is 5.92 Å². The van der Waals surface area contributed by atoms with Gasteiger partial charge in [-0.2, -0.15) is 0 Å². The van der Waals surface area contributed by atoms with Crippen LogP contribution in [0.1, 0.15) is 45.4 Å². The second-order valence-corrected chi connectivity index (χ2v) is 5.22. The van der Waals surface area contributed by atoms with Crippen molar-refractivity contribution in [3.8, 4) is 0 Å². The van der Waals surface area contributed by atoms with E-state index >= 15 is 0 Å². The standard InChI is InChI=1S/C15H26N2/c1-5-14-6-7-15(17-11-14)10-13(4)8-9-16-12(2)3/h6-7,11-13,16H,5,8-10H2,1-4H3. The molecular formula is C15H26N2. The van der Waals surface area contributed by atoms with E-state index in [4.69, 9.17) is 0 Å². The van der Waals surface area contributed by atoms with Crippen molar-refractivity contribution in [3.05, 3.63) is 29.6 Å². The van der Waals surface area contributed by atoms with Gasteiger partial charge in [-0.1, -0.05) is 33.8 Å². The van der Waals surface area contributed by atoms with E-state index in [0.29, 0.717) is 12.0 Å². The van der Waals surface area contributed by atoms with Gasteiger partial charge in [0.05, 0.1) is 0 Å². The summed E-state index contributed by atoms with van der Waals surface area (Å²) in [5, 5.41) is 3.46. The van der Waals surface area contributed by atoms with Crippen LogP contribution in [0.5, 0.6) is 0 Å². The number of aromatic nitrogens is 1. The minimum atomic E-state index is 0.587. The van der Waals surface area contributed by atoms with E-state index in [-0.39, 0.29) is 0 Å². The Labute approximate surface area is 106 Å². The summed E-state index contributed by atoms with van der Waals surface area (Å²) in [6.07, 6.45) is 5.38. The number of hydrogen-bond acceptors (Lipinski definition) is 2. The summed E-state index contributed by atoms with van der Waals surface area (Å²) in [5.74, 6) is 0.696. The Morgan fingerprint density at radius 1 is 1.24 bits per heavy atom. The summed E-state index contributed by atoms with van der Waals surface area (Å²) in [6.45, 7) is 9.95. The van der Waals surface area contributed by atoms with Gasteiger partial charge in [-0.15, -0.1) is 0 Å². The van der Waals surface area contributed by atoms with Crippen LogP contribution < -0.4 is 5.32 Å². The molecule has 1 rings (SSSR count). The van der Waals surface area contributed by atoms with Gasteiger partial charge in [-0.25, -0.2) is 0 Å². The third-order valence-electron chi connectivity index (χ3n) is 3.04. The van der Waals surface area contributed by atoms with Crippen molar-refractivity contribution in [1.29, 1.82) is 0 Å². The van der Waals surface area contributed by atoms with Gasteiger partial charge in [0.25, 0.3) is 0 Å². The molecule has 0 spiro atoms. The molecule has 0 aliphatic carbocycles. The maximum Gasteiger partial charge on any atom is 0.0406 e. The van der Waals surface area contributed by atoms with E-state index in [2.05, 4.69) is 50.1 Å². The predicted octanol–water partition coefficient (Wildman–Crippen LogP) is 3.21. The van der Waals surface area contributed by atoms with Crippen molar-refractivity contribution < 1.29 is 0 Å². The van der Waals surface area contributed by atoms with Gasteiger partial charge in [-0.3, -0.25) is 4.98 Å². The Balaban J connectivity index is 2.31. The molecule has 1 aromatic rings. The normalized spacial score (nSPS) is 13.0. The first kappa shape index (κ1) is 14.2. The van der Waals surface area contributed by atoms with E-state index in [1.54, 1.807) is 0 Å². The summed E-state index contributed by atoms with van der Waals surface area (Å²) in [6, 6.07) is 4.95. The molecule has 0 bridgehead atoms. The van der Waals surface area contributed by atoms with E-state index in [9.17, 15) is 0 Å². The van der Waals surface area contributed by atoms with Gasteiger partial charge >= 0.3 is 0 Å². The Morgan fingerprint density at radius 3 is 2.53 bits per heavy atom. The molecule has 96 valence electrons. The number of rotatable bonds is 7. The van der Waals surface area contributed by atoms with Crippen molar-refractivity contribution >= 4 is 0 Å². The molecule has 0 saturated heterocycles. The Morgan fingerprint density at radius 2 is 2.00 bits per heavy atom. The lowest BCUT2D eigenvalue weighted by Gasteiger charge is -2.13. The van der Waals surface area contributed by atoms with Crippen molar-refractivity contribution in [3.63, 3.8) is 0 Å². The first-order valence-electron chi connectivity index (χ1n) is 6.79. The van der Waals surface area contributed by atoms with Crippen molar-refractivity contribution in [1.82, 2.24) is 10.3 Å². The lowest BCUT2D eigenvalue weighted by atomic mass is 10.0. The molecule has 1 unspecified atom stereocenters. The second kappa shape index (κ2) is 7.44. The van der Waals surface area contributed by atoms with Crippen LogP contribution in [0.4, 0.5) is 0 Å². The Hall–Kier alpha value is -0.890. The highest BCUT2D eigenvalue weighted by molar-refractivity contribution is 5.14. The average Bonchev–Trinajstić information content (AvgIpc) is 2.29. The maximum atomic E-state index is 4.51. The van der Waals surface area contributed by atoms with Gasteiger partial charge in [0.1, 0.15) is 0 Å². The fourth-order valence-corrected chi connectivity index (χ4v) is 1.86. The largest absolute Gasteiger partial charge is 0.315 e. The molecule has 0 fully saturated rings. The van der Waals surface area contributed by atoms with E-state index < -0.39 is 0 Å². The van der Waals surface area contributed by atoms with Crippen LogP contribution in [0.25, 0.3) is 0 Å². The number of nitrogens with one attached hydrogen (secondary N) is 1. The topological polar surface area (TPSA) is 24.9 Å². The zero-order valence-electron chi connectivity index (χ0n) is 11.7. The fraction of sp³-hybridized carbons (Fsp3) is 0.667. The second-order valence-electron chi connectivity index (χ2n) is 5.22. The third kappa shape index (κ3) is 5.83. The predicted molar refractivity (Wildman–Crippen MR) is 74.2 cm³/mol. The van der Waals surface area contributed by atoms with Crippen LogP contribution in [0.15, 0.2) is 18.3 Å². The zero-order valence-corrected chi connectivity index (χ0v) is 11.7. The lowest BCUT2D eigenvalue weighted by molar-refractivity contribution is 0.473. The maximum absolute atomic E-state index is 4.51. The summed E-state index contributed by atoms with van der Waals surface area (Å²) in [5.41, 5.74) is 2.54. The average molecular weight is 234 g/mol. The van der Waals surface area contributed by atoms with E-state index in [1.807, 2.05) is 6.20 Å². The molecule has 0 amide bonds. The van der Waals surface area contributed by atoms with Gasteiger partial charge in [0.15, 0.2) is 0 Å². The quantitative estimate of drug-likeness (QED) is 0.783. The summed E-state index contributed by atoms with van der Waals surface area (Å²) in [7, 11) is 0. The monoisotopic (exact) mass is 234 g/mol. The molecule has 1 N–H and O–H groups in total. The van der Waals surface area contributed by atoms with Crippen LogP contribution in [0, 0.1) is 5.92 Å². The molecule has 1 heterocycles. The molecule has 1 aromatic heterocycles. The molecule has 0 aromatic carbocycles. The van der Waals surface area contributed by atoms with Crippen molar-refractivity contribution in [2.75, 3.05) is 6.54 Å². The third-order valence-corrected chi connectivity index (χ3v) is 3.04. The molecule has 1 atom stereocenters. The molecule has 2 nitrogen and oxygen atoms in total. The first-order chi connectivity index (χ1) is 8.11. The van der Waals surface area contributed by atoms with Crippen LogP contribution in [-0.2, 0) is 12.8 Å². The summed E-state index contributed by atoms with van der Waals surface area (Å²) in [4.78, 5) is 4.51. The molecule has 2 heteroatoms. The zero-order chi connectivity index (χ0) is 12.7. The van der Waals surface area contributed by atoms with Gasteiger partial charge in [-0.05, 0) is 43.4 Å². The van der Waals surface area contributed by atoms with Crippen LogP contribution in [0.3, 0.4) is 0 Å². The minimum absolute atomic E-state index is 0.587. The van der Waals surface area contributed by atoms with Crippen LogP contribution >= 0.6 is 0 Å². The highest BCUT2D eigenvalue weighted by atomic mass is 14.9. The number of aryl methyl sites for hydroxylation is 1. The minimum Gasteiger partial charge on any atom is -0.315 e. The molecule has 0 aliphatic heterocycles. The van der Waals surface area contributed by atoms with Crippen molar-refractivity contribution in [2.45, 2.75) is 53.0 Å². The lowest BCUT2D eigenvalue weighted by Crippen LogP contribution is -2.25. The van der Waals surface area contributed by atoms with E-state index in [1.165, 1.54) is 17.7 Å². The van der Waals surface area contributed by atoms with Gasteiger partial charge < -0.3 is 5.32 Å². The molecule has 0 saturated carbocycles. The number of pyridine rings is 1. The summed E-state index contributed by atoms with van der Waals surface area (Å²) < 4.78 is 0. The number of nitrogens with zero attached hydrogens (tertiary/aromatic N) is 1. The molecule has 17 heavy (non-hydrogen) atoms. The van der Waals surface area contributed by atoms with E-state index in [0.717, 1.165) is 19.4 Å². The Kier molecular flexibility index (Phi) is 6.20. The summed E-state index contributed by atoms with van der Waals surface area (Å²) >= 11 is 0. The Bertz CT molecular complexity index is 303. The van der Waals surface area contributed by atoms with Crippen LogP contribution in [-0.4, -0.2) is 17.6 Å². The fourth-order valence-electron chi connectivity index (χ4n) is 1.86. The van der Waals surface area contributed by atoms with Gasteiger partial charge in [0, 0.05) is 17.9 Å². The number of hydrogen-bond donors (Lipinski definition) is 1. The van der Waals surface area contributed by atoms with Gasteiger partial charge in [0.2, 0.25) is 0 Å². The highest BCUT2D eigenvalue weighted by Crippen LogP contribution is 2.10. The smallest absolute Gasteiger partial charge is 0.0406 e.